The van der Waals surface area contributed by atoms with E-state index in [1.807, 2.05) is 6.92 Å². The first-order chi connectivity index (χ1) is 11.8. The van der Waals surface area contributed by atoms with E-state index in [0.717, 1.165) is 19.1 Å². The number of rotatable bonds is 7. The second kappa shape index (κ2) is 6.80. The molecule has 1 saturated carbocycles. The molecule has 0 spiro atoms. The molecular formula is C17H19ClN2O4S. The van der Waals surface area contributed by atoms with E-state index in [9.17, 15) is 13.2 Å². The minimum Gasteiger partial charge on any atom is -0.360 e. The van der Waals surface area contributed by atoms with Crippen molar-refractivity contribution in [1.82, 2.24) is 5.16 Å². The van der Waals surface area contributed by atoms with Crippen LogP contribution in [0.5, 0.6) is 0 Å². The van der Waals surface area contributed by atoms with Crippen LogP contribution in [0, 0.1) is 0 Å². The Kier molecular flexibility index (Phi) is 4.88. The zero-order valence-corrected chi connectivity index (χ0v) is 15.6. The lowest BCUT2D eigenvalue weighted by Crippen LogP contribution is -2.32. The van der Waals surface area contributed by atoms with Crippen molar-refractivity contribution in [1.29, 1.82) is 0 Å². The second-order valence-electron chi connectivity index (χ2n) is 6.20. The molecule has 3 rings (SSSR count). The number of nitrogens with zero attached hydrogens (tertiary/aromatic N) is 2. The summed E-state index contributed by atoms with van der Waals surface area (Å²) in [6.45, 7) is 2.13. The van der Waals surface area contributed by atoms with Gasteiger partial charge in [-0.25, -0.2) is 8.42 Å². The van der Waals surface area contributed by atoms with Gasteiger partial charge in [0, 0.05) is 23.0 Å². The molecule has 0 amide bonds. The fourth-order valence-corrected chi connectivity index (χ4v) is 3.96. The van der Waals surface area contributed by atoms with Crippen molar-refractivity contribution in [2.24, 2.45) is 0 Å². The van der Waals surface area contributed by atoms with Gasteiger partial charge in [-0.2, -0.15) is 0 Å². The third-order valence-electron chi connectivity index (χ3n) is 4.09. The molecule has 0 unspecified atom stereocenters. The van der Waals surface area contributed by atoms with Crippen molar-refractivity contribution >= 4 is 33.1 Å². The highest BCUT2D eigenvalue weighted by Gasteiger charge is 2.34. The number of ketones is 1. The quantitative estimate of drug-likeness (QED) is 0.683. The molecule has 0 N–H and O–H groups in total. The van der Waals surface area contributed by atoms with Gasteiger partial charge in [-0.15, -0.1) is 0 Å². The molecule has 0 atom stereocenters. The Balaban J connectivity index is 2.10. The van der Waals surface area contributed by atoms with E-state index >= 15 is 0 Å². The molecule has 0 bridgehead atoms. The van der Waals surface area contributed by atoms with Gasteiger partial charge >= 0.3 is 0 Å². The lowest BCUT2D eigenvalue weighted by molar-refractivity contribution is 0.103. The molecule has 1 fully saturated rings. The van der Waals surface area contributed by atoms with Crippen LogP contribution in [0.25, 0.3) is 0 Å². The summed E-state index contributed by atoms with van der Waals surface area (Å²) in [5, 5.41) is 4.12. The summed E-state index contributed by atoms with van der Waals surface area (Å²) in [5.74, 6) is 0.491. The number of halogens is 1. The van der Waals surface area contributed by atoms with E-state index in [1.165, 1.54) is 16.6 Å². The minimum absolute atomic E-state index is 0.221. The van der Waals surface area contributed by atoms with Crippen LogP contribution >= 0.6 is 11.6 Å². The number of carbonyl (C=O) groups excluding carboxylic acids is 1. The van der Waals surface area contributed by atoms with Gasteiger partial charge in [-0.1, -0.05) is 23.7 Å². The van der Waals surface area contributed by atoms with E-state index in [1.54, 1.807) is 12.1 Å². The second-order valence-corrected chi connectivity index (χ2v) is 8.55. The van der Waals surface area contributed by atoms with Gasteiger partial charge in [0.25, 0.3) is 0 Å². The average Bonchev–Trinajstić information content (AvgIpc) is 3.27. The zero-order valence-electron chi connectivity index (χ0n) is 14.0. The summed E-state index contributed by atoms with van der Waals surface area (Å²) in [6, 6.07) is 4.64. The average molecular weight is 383 g/mol. The van der Waals surface area contributed by atoms with Gasteiger partial charge in [0.15, 0.2) is 11.5 Å². The molecule has 0 saturated heterocycles. The van der Waals surface area contributed by atoms with Crippen LogP contribution in [0.15, 0.2) is 28.9 Å². The van der Waals surface area contributed by atoms with Crippen LogP contribution in [0.3, 0.4) is 0 Å². The van der Waals surface area contributed by atoms with Crippen molar-refractivity contribution in [3.63, 3.8) is 0 Å². The lowest BCUT2D eigenvalue weighted by atomic mass is 10.0. The molecule has 1 aliphatic carbocycles. The molecule has 1 aliphatic rings. The van der Waals surface area contributed by atoms with Crippen molar-refractivity contribution in [2.45, 2.75) is 32.1 Å². The maximum atomic E-state index is 13.1. The van der Waals surface area contributed by atoms with E-state index < -0.39 is 10.0 Å². The predicted octanol–water partition coefficient (Wildman–Crippen LogP) is 3.61. The van der Waals surface area contributed by atoms with Gasteiger partial charge < -0.3 is 4.52 Å². The Labute approximate surface area is 151 Å². The zero-order chi connectivity index (χ0) is 18.2. The van der Waals surface area contributed by atoms with Crippen LogP contribution in [0.2, 0.25) is 5.02 Å². The van der Waals surface area contributed by atoms with Crippen molar-refractivity contribution in [3.8, 4) is 0 Å². The highest BCUT2D eigenvalue weighted by Crippen LogP contribution is 2.42. The maximum absolute atomic E-state index is 13.1. The summed E-state index contributed by atoms with van der Waals surface area (Å²) in [5.41, 5.74) is 0.939. The van der Waals surface area contributed by atoms with Gasteiger partial charge in [0.2, 0.25) is 10.0 Å². The van der Waals surface area contributed by atoms with Crippen LogP contribution in [0.1, 0.15) is 53.8 Å². The smallest absolute Gasteiger partial charge is 0.232 e. The Morgan fingerprint density at radius 1 is 1.36 bits per heavy atom. The minimum atomic E-state index is -3.55. The monoisotopic (exact) mass is 382 g/mol. The predicted molar refractivity (Wildman–Crippen MR) is 95.8 cm³/mol. The Morgan fingerprint density at radius 3 is 2.68 bits per heavy atom. The molecule has 6 nitrogen and oxygen atoms in total. The number of carbonyl (C=O) groups is 1. The lowest BCUT2D eigenvalue weighted by Gasteiger charge is -2.24. The fourth-order valence-electron chi connectivity index (χ4n) is 2.78. The van der Waals surface area contributed by atoms with Gasteiger partial charge in [-0.3, -0.25) is 9.10 Å². The van der Waals surface area contributed by atoms with Crippen LogP contribution in [0.4, 0.5) is 5.69 Å². The van der Waals surface area contributed by atoms with Gasteiger partial charge in [0.1, 0.15) is 0 Å². The molecule has 0 aliphatic heterocycles. The summed E-state index contributed by atoms with van der Waals surface area (Å²) in [7, 11) is -3.55. The highest BCUT2D eigenvalue weighted by molar-refractivity contribution is 7.92. The van der Waals surface area contributed by atoms with Gasteiger partial charge in [0.05, 0.1) is 23.7 Å². The molecule has 0 radical (unpaired) electrons. The number of aromatic nitrogens is 1. The molecule has 25 heavy (non-hydrogen) atoms. The normalized spacial score (nSPS) is 14.5. The summed E-state index contributed by atoms with van der Waals surface area (Å²) in [6.07, 6.45) is 5.06. The molecule has 1 heterocycles. The molecule has 1 aromatic carbocycles. The molecule has 2 aromatic rings. The van der Waals surface area contributed by atoms with Crippen molar-refractivity contribution < 1.29 is 17.7 Å². The Morgan fingerprint density at radius 2 is 2.08 bits per heavy atom. The third kappa shape index (κ3) is 3.72. The first kappa shape index (κ1) is 17.9. The van der Waals surface area contributed by atoms with E-state index in [-0.39, 0.29) is 29.5 Å². The SMILES string of the molecule is CCCN(c1cc(Cl)ccc1C(=O)c1cnoc1C1CC1)S(C)(=O)=O. The van der Waals surface area contributed by atoms with E-state index in [2.05, 4.69) is 5.16 Å². The first-order valence-corrected chi connectivity index (χ1v) is 10.3. The third-order valence-corrected chi connectivity index (χ3v) is 5.51. The highest BCUT2D eigenvalue weighted by atomic mass is 35.5. The van der Waals surface area contributed by atoms with Crippen LogP contribution in [-0.2, 0) is 10.0 Å². The molecular weight excluding hydrogens is 364 g/mol. The van der Waals surface area contributed by atoms with E-state index in [4.69, 9.17) is 16.1 Å². The first-order valence-electron chi connectivity index (χ1n) is 8.09. The Hall–Kier alpha value is -1.86. The van der Waals surface area contributed by atoms with Crippen LogP contribution in [-0.4, -0.2) is 32.2 Å². The number of hydrogen-bond donors (Lipinski definition) is 0. The summed E-state index contributed by atoms with van der Waals surface area (Å²) >= 11 is 6.07. The molecule has 134 valence electrons. The Bertz CT molecular complexity index is 903. The van der Waals surface area contributed by atoms with Crippen molar-refractivity contribution in [2.75, 3.05) is 17.1 Å². The maximum Gasteiger partial charge on any atom is 0.232 e. The van der Waals surface area contributed by atoms with E-state index in [0.29, 0.717) is 22.8 Å². The largest absolute Gasteiger partial charge is 0.360 e. The number of sulfonamides is 1. The fraction of sp³-hybridized carbons (Fsp3) is 0.412. The molecule has 1 aromatic heterocycles. The van der Waals surface area contributed by atoms with Crippen molar-refractivity contribution in [3.05, 3.63) is 46.3 Å². The van der Waals surface area contributed by atoms with Gasteiger partial charge in [-0.05, 0) is 37.5 Å². The topological polar surface area (TPSA) is 80.5 Å². The number of anilines is 1. The standard InChI is InChI=1S/C17H19ClN2O4S/c1-3-8-20(25(2,22)23)15-9-12(18)6-7-13(15)16(21)14-10-19-24-17(14)11-4-5-11/h6-7,9-11H,3-5,8H2,1-2H3. The van der Waals surface area contributed by atoms with Crippen LogP contribution < -0.4 is 4.31 Å². The molecule has 8 heteroatoms. The summed E-state index contributed by atoms with van der Waals surface area (Å²) < 4.78 is 30.9. The number of hydrogen-bond acceptors (Lipinski definition) is 5. The number of benzene rings is 1. The summed E-state index contributed by atoms with van der Waals surface area (Å²) in [4.78, 5) is 13.1.